The molecule has 3 aliphatic rings. The zero-order chi connectivity index (χ0) is 20.0. The van der Waals surface area contributed by atoms with Crippen LogP contribution in [0.5, 0.6) is 0 Å². The van der Waals surface area contributed by atoms with E-state index in [0.29, 0.717) is 17.7 Å². The van der Waals surface area contributed by atoms with E-state index in [1.54, 1.807) is 0 Å². The van der Waals surface area contributed by atoms with Crippen molar-refractivity contribution in [3.05, 3.63) is 59.7 Å². The maximum atomic E-state index is 13.5. The summed E-state index contributed by atoms with van der Waals surface area (Å²) in [4.78, 5) is 32.8. The lowest BCUT2D eigenvalue weighted by Crippen LogP contribution is -2.47. The van der Waals surface area contributed by atoms with E-state index in [1.807, 2.05) is 53.4 Å². The van der Waals surface area contributed by atoms with Crippen LogP contribution in [0.3, 0.4) is 0 Å². The Morgan fingerprint density at radius 3 is 2.31 bits per heavy atom. The molecule has 0 radical (unpaired) electrons. The van der Waals surface area contributed by atoms with E-state index in [-0.39, 0.29) is 11.8 Å². The number of piperazine rings is 1. The predicted molar refractivity (Wildman–Crippen MR) is 115 cm³/mol. The van der Waals surface area contributed by atoms with Gasteiger partial charge in [-0.1, -0.05) is 36.4 Å². The van der Waals surface area contributed by atoms with E-state index in [2.05, 4.69) is 22.2 Å². The summed E-state index contributed by atoms with van der Waals surface area (Å²) in [7, 11) is 2.14. The van der Waals surface area contributed by atoms with E-state index < -0.39 is 0 Å². The van der Waals surface area contributed by atoms with Gasteiger partial charge in [0.1, 0.15) is 0 Å². The van der Waals surface area contributed by atoms with Crippen molar-refractivity contribution < 1.29 is 9.59 Å². The maximum absolute atomic E-state index is 13.5. The van der Waals surface area contributed by atoms with Gasteiger partial charge in [-0.05, 0) is 19.2 Å². The average Bonchev–Trinajstić information content (AvgIpc) is 3.20. The van der Waals surface area contributed by atoms with Crippen molar-refractivity contribution >= 4 is 34.3 Å². The Labute approximate surface area is 170 Å². The first-order valence-electron chi connectivity index (χ1n) is 10.1. The number of nitrogens with one attached hydrogen (secondary N) is 1. The normalized spacial score (nSPS) is 22.0. The van der Waals surface area contributed by atoms with Crippen LogP contribution in [-0.4, -0.2) is 67.9 Å². The van der Waals surface area contributed by atoms with Gasteiger partial charge in [-0.25, -0.2) is 0 Å². The molecule has 6 nitrogen and oxygen atoms in total. The largest absolute Gasteiger partial charge is 0.321 e. The molecule has 0 aliphatic carbocycles. The van der Waals surface area contributed by atoms with Gasteiger partial charge in [0.15, 0.2) is 0 Å². The molecule has 2 aromatic carbocycles. The minimum absolute atomic E-state index is 0.0813. The fourth-order valence-corrected chi connectivity index (χ4v) is 4.42. The number of rotatable bonds is 3. The van der Waals surface area contributed by atoms with Crippen LogP contribution in [0, 0.1) is 0 Å². The minimum atomic E-state index is -0.203. The molecule has 3 aliphatic heterocycles. The molecule has 0 bridgehead atoms. The van der Waals surface area contributed by atoms with Gasteiger partial charge in [0, 0.05) is 56.1 Å². The number of fused-ring (bicyclic) bond motifs is 2. The van der Waals surface area contributed by atoms with Gasteiger partial charge >= 0.3 is 0 Å². The van der Waals surface area contributed by atoms with Gasteiger partial charge in [-0.3, -0.25) is 14.5 Å². The summed E-state index contributed by atoms with van der Waals surface area (Å²) in [5.74, 6) is -0.285. The van der Waals surface area contributed by atoms with Crippen LogP contribution in [0.1, 0.15) is 11.1 Å². The van der Waals surface area contributed by atoms with Crippen molar-refractivity contribution in [2.24, 2.45) is 0 Å². The molecule has 2 amide bonds. The second-order valence-electron chi connectivity index (χ2n) is 7.87. The van der Waals surface area contributed by atoms with E-state index >= 15 is 0 Å². The van der Waals surface area contributed by atoms with E-state index in [0.717, 1.165) is 55.2 Å². The van der Waals surface area contributed by atoms with Gasteiger partial charge in [-0.2, -0.15) is 0 Å². The molecule has 0 spiro atoms. The smallest absolute Gasteiger partial charge is 0.259 e. The Bertz CT molecular complexity index is 1020. The van der Waals surface area contributed by atoms with Crippen LogP contribution in [0.15, 0.2) is 48.5 Å². The van der Waals surface area contributed by atoms with Gasteiger partial charge in [0.2, 0.25) is 0 Å². The molecule has 1 N–H and O–H groups in total. The number of amides is 2. The highest BCUT2D eigenvalue weighted by Crippen LogP contribution is 2.44. The zero-order valence-electron chi connectivity index (χ0n) is 16.5. The number of carbonyl (C=O) groups is 2. The summed E-state index contributed by atoms with van der Waals surface area (Å²) in [5.41, 5.74) is 4.31. The van der Waals surface area contributed by atoms with Crippen LogP contribution in [0.25, 0.3) is 11.1 Å². The molecule has 0 aromatic heterocycles. The van der Waals surface area contributed by atoms with Crippen LogP contribution >= 0.6 is 0 Å². The standard InChI is InChI=1S/C23H24N4O2/c1-25-10-12-26(13-11-25)14-15-27-19-9-5-3-7-17(19)21(23(27)29)20-16-6-2-4-8-18(16)24-22(20)28/h2-9H,10-15H2,1H3,(H,24,28)/b21-20+. The maximum Gasteiger partial charge on any atom is 0.259 e. The van der Waals surface area contributed by atoms with Crippen molar-refractivity contribution in [1.29, 1.82) is 0 Å². The first-order valence-corrected chi connectivity index (χ1v) is 10.1. The Morgan fingerprint density at radius 2 is 1.52 bits per heavy atom. The predicted octanol–water partition coefficient (Wildman–Crippen LogP) is 2.14. The van der Waals surface area contributed by atoms with Gasteiger partial charge in [0.25, 0.3) is 11.8 Å². The highest BCUT2D eigenvalue weighted by molar-refractivity contribution is 6.49. The van der Waals surface area contributed by atoms with E-state index in [1.165, 1.54) is 0 Å². The number of hydrogen-bond acceptors (Lipinski definition) is 4. The number of anilines is 2. The number of carbonyl (C=O) groups excluding carboxylic acids is 2. The molecule has 3 heterocycles. The molecule has 1 saturated heterocycles. The molecule has 29 heavy (non-hydrogen) atoms. The Hall–Kier alpha value is -2.96. The lowest BCUT2D eigenvalue weighted by Gasteiger charge is -2.33. The quantitative estimate of drug-likeness (QED) is 0.819. The molecule has 6 heteroatoms. The highest BCUT2D eigenvalue weighted by Gasteiger charge is 2.39. The number of benzene rings is 2. The summed E-state index contributed by atoms with van der Waals surface area (Å²) < 4.78 is 0. The molecule has 0 saturated carbocycles. The topological polar surface area (TPSA) is 55.9 Å². The third-order valence-corrected chi connectivity index (χ3v) is 6.08. The highest BCUT2D eigenvalue weighted by atomic mass is 16.2. The summed E-state index contributed by atoms with van der Waals surface area (Å²) >= 11 is 0. The van der Waals surface area contributed by atoms with Crippen LogP contribution in [0.4, 0.5) is 11.4 Å². The number of nitrogens with zero attached hydrogens (tertiary/aromatic N) is 3. The third kappa shape index (κ3) is 3.05. The van der Waals surface area contributed by atoms with Crippen molar-refractivity contribution in [3.63, 3.8) is 0 Å². The molecule has 148 valence electrons. The third-order valence-electron chi connectivity index (χ3n) is 6.08. The molecular weight excluding hydrogens is 364 g/mol. The molecule has 1 fully saturated rings. The van der Waals surface area contributed by atoms with Gasteiger partial charge < -0.3 is 15.1 Å². The zero-order valence-corrected chi connectivity index (χ0v) is 16.5. The number of hydrogen-bond donors (Lipinski definition) is 1. The summed E-state index contributed by atoms with van der Waals surface area (Å²) in [6, 6.07) is 15.4. The molecule has 5 rings (SSSR count). The molecule has 2 aromatic rings. The number of para-hydroxylation sites is 2. The molecular formula is C23H24N4O2. The van der Waals surface area contributed by atoms with Crippen LogP contribution in [-0.2, 0) is 9.59 Å². The SMILES string of the molecule is CN1CCN(CCN2C(=O)/C(=C3/C(=O)Nc4ccccc43)c3ccccc32)CC1. The van der Waals surface area contributed by atoms with Crippen molar-refractivity contribution in [3.8, 4) is 0 Å². The van der Waals surface area contributed by atoms with Gasteiger partial charge in [-0.15, -0.1) is 0 Å². The molecule has 0 unspecified atom stereocenters. The lowest BCUT2D eigenvalue weighted by molar-refractivity contribution is -0.114. The first-order chi connectivity index (χ1) is 14.1. The second kappa shape index (κ2) is 7.13. The Balaban J connectivity index is 1.50. The summed E-state index contributed by atoms with van der Waals surface area (Å²) in [6.45, 7) is 5.60. The summed E-state index contributed by atoms with van der Waals surface area (Å²) in [5, 5.41) is 2.90. The second-order valence-corrected chi connectivity index (χ2v) is 7.87. The minimum Gasteiger partial charge on any atom is -0.321 e. The molecule has 0 atom stereocenters. The van der Waals surface area contributed by atoms with Crippen LogP contribution < -0.4 is 10.2 Å². The fraction of sp³-hybridized carbons (Fsp3) is 0.304. The average molecular weight is 388 g/mol. The van der Waals surface area contributed by atoms with Crippen molar-refractivity contribution in [2.45, 2.75) is 0 Å². The van der Waals surface area contributed by atoms with E-state index in [4.69, 9.17) is 0 Å². The number of likely N-dealkylation sites (N-methyl/N-ethyl adjacent to an activating group) is 1. The Morgan fingerprint density at radius 1 is 0.828 bits per heavy atom. The fourth-order valence-electron chi connectivity index (χ4n) is 4.42. The van der Waals surface area contributed by atoms with Gasteiger partial charge in [0.05, 0.1) is 16.8 Å². The first kappa shape index (κ1) is 18.1. The van der Waals surface area contributed by atoms with Crippen LogP contribution in [0.2, 0.25) is 0 Å². The lowest BCUT2D eigenvalue weighted by atomic mass is 9.96. The van der Waals surface area contributed by atoms with Crippen molar-refractivity contribution in [2.75, 3.05) is 56.5 Å². The monoisotopic (exact) mass is 388 g/mol. The Kier molecular flexibility index (Phi) is 4.45. The summed E-state index contributed by atoms with van der Waals surface area (Å²) in [6.07, 6.45) is 0. The van der Waals surface area contributed by atoms with Crippen molar-refractivity contribution in [1.82, 2.24) is 9.80 Å². The van der Waals surface area contributed by atoms with E-state index in [9.17, 15) is 9.59 Å².